The molecule has 0 aliphatic heterocycles. The Balaban J connectivity index is 2.01. The van der Waals surface area contributed by atoms with Crippen molar-refractivity contribution >= 4 is 17.5 Å². The first-order chi connectivity index (χ1) is 8.65. The number of rotatable bonds is 2. The number of aryl methyl sites for hydroxylation is 1. The van der Waals surface area contributed by atoms with E-state index in [1.54, 1.807) is 18.2 Å². The first kappa shape index (κ1) is 11.9. The molecule has 0 bridgehead atoms. The Bertz CT molecular complexity index is 552. The van der Waals surface area contributed by atoms with Crippen molar-refractivity contribution in [1.82, 2.24) is 4.98 Å². The molecule has 1 aromatic carbocycles. The van der Waals surface area contributed by atoms with Gasteiger partial charge in [0.1, 0.15) is 0 Å². The zero-order valence-electron chi connectivity index (χ0n) is 9.84. The minimum absolute atomic E-state index is 0.0726. The number of carbonyl (C=O) groups excluding carboxylic acids is 1. The van der Waals surface area contributed by atoms with E-state index in [-0.39, 0.29) is 11.6 Å². The lowest BCUT2D eigenvalue weighted by Gasteiger charge is -2.08. The lowest BCUT2D eigenvalue weighted by Crippen LogP contribution is -2.20. The predicted octanol–water partition coefficient (Wildman–Crippen LogP) is 2.74. The van der Waals surface area contributed by atoms with Crippen LogP contribution in [0.4, 0.5) is 16.3 Å². The van der Waals surface area contributed by atoms with Crippen LogP contribution in [0.5, 0.6) is 5.75 Å². The molecule has 2 aromatic rings. The highest BCUT2D eigenvalue weighted by molar-refractivity contribution is 5.99. The normalized spacial score (nSPS) is 9.83. The standard InChI is InChI=1S/C13H13N3O2/c1-9-4-6-10(7-5-9)15-13(18)16-12-11(17)3-2-8-14-12/h2-8,17H,1H3,(H2,14,15,16,18). The Morgan fingerprint density at radius 3 is 2.56 bits per heavy atom. The van der Waals surface area contributed by atoms with Crippen LogP contribution in [-0.2, 0) is 0 Å². The van der Waals surface area contributed by atoms with Crippen LogP contribution in [-0.4, -0.2) is 16.1 Å². The van der Waals surface area contributed by atoms with Gasteiger partial charge in [0.25, 0.3) is 0 Å². The molecule has 0 saturated carbocycles. The third-order valence-corrected chi connectivity index (χ3v) is 2.33. The van der Waals surface area contributed by atoms with Gasteiger partial charge in [0.05, 0.1) is 0 Å². The van der Waals surface area contributed by atoms with E-state index >= 15 is 0 Å². The van der Waals surface area contributed by atoms with Gasteiger partial charge in [-0.25, -0.2) is 9.78 Å². The van der Waals surface area contributed by atoms with Gasteiger partial charge in [-0.15, -0.1) is 0 Å². The largest absolute Gasteiger partial charge is 0.504 e. The molecule has 18 heavy (non-hydrogen) atoms. The Hall–Kier alpha value is -2.56. The maximum Gasteiger partial charge on any atom is 0.324 e. The van der Waals surface area contributed by atoms with Crippen molar-refractivity contribution in [3.05, 3.63) is 48.2 Å². The van der Waals surface area contributed by atoms with E-state index in [1.807, 2.05) is 19.1 Å². The minimum atomic E-state index is -0.451. The number of aromatic hydroxyl groups is 1. The number of carbonyl (C=O) groups is 1. The van der Waals surface area contributed by atoms with E-state index < -0.39 is 6.03 Å². The quantitative estimate of drug-likeness (QED) is 0.759. The first-order valence-corrected chi connectivity index (χ1v) is 5.44. The number of benzene rings is 1. The maximum atomic E-state index is 11.6. The predicted molar refractivity (Wildman–Crippen MR) is 69.7 cm³/mol. The van der Waals surface area contributed by atoms with E-state index in [9.17, 15) is 9.90 Å². The number of nitrogens with one attached hydrogen (secondary N) is 2. The van der Waals surface area contributed by atoms with Crippen LogP contribution in [0.15, 0.2) is 42.6 Å². The summed E-state index contributed by atoms with van der Waals surface area (Å²) in [6.45, 7) is 1.97. The summed E-state index contributed by atoms with van der Waals surface area (Å²) in [5.41, 5.74) is 1.79. The molecule has 2 rings (SSSR count). The molecule has 0 aliphatic rings. The van der Waals surface area contributed by atoms with Gasteiger partial charge < -0.3 is 10.4 Å². The zero-order chi connectivity index (χ0) is 13.0. The molecule has 0 spiro atoms. The fraction of sp³-hybridized carbons (Fsp3) is 0.0769. The molecule has 1 heterocycles. The van der Waals surface area contributed by atoms with E-state index in [4.69, 9.17) is 0 Å². The van der Waals surface area contributed by atoms with E-state index in [0.717, 1.165) is 5.56 Å². The SMILES string of the molecule is Cc1ccc(NC(=O)Nc2ncccc2O)cc1. The van der Waals surface area contributed by atoms with Crippen molar-refractivity contribution in [1.29, 1.82) is 0 Å². The molecule has 92 valence electrons. The highest BCUT2D eigenvalue weighted by Gasteiger charge is 2.06. The Labute approximate surface area is 104 Å². The lowest BCUT2D eigenvalue weighted by molar-refractivity contribution is 0.262. The molecule has 0 aliphatic carbocycles. The summed E-state index contributed by atoms with van der Waals surface area (Å²) in [7, 11) is 0. The van der Waals surface area contributed by atoms with Crippen molar-refractivity contribution < 1.29 is 9.90 Å². The van der Waals surface area contributed by atoms with E-state index in [2.05, 4.69) is 15.6 Å². The van der Waals surface area contributed by atoms with Crippen LogP contribution >= 0.6 is 0 Å². The third-order valence-electron chi connectivity index (χ3n) is 2.33. The Morgan fingerprint density at radius 1 is 1.17 bits per heavy atom. The second-order valence-corrected chi connectivity index (χ2v) is 3.82. The van der Waals surface area contributed by atoms with Gasteiger partial charge in [0, 0.05) is 11.9 Å². The van der Waals surface area contributed by atoms with Crippen LogP contribution in [0.2, 0.25) is 0 Å². The minimum Gasteiger partial charge on any atom is -0.504 e. The smallest absolute Gasteiger partial charge is 0.324 e. The molecule has 3 N–H and O–H groups in total. The monoisotopic (exact) mass is 243 g/mol. The number of hydrogen-bond acceptors (Lipinski definition) is 3. The molecule has 1 aromatic heterocycles. The van der Waals surface area contributed by atoms with E-state index in [1.165, 1.54) is 12.3 Å². The topological polar surface area (TPSA) is 74.2 Å². The number of amides is 2. The maximum absolute atomic E-state index is 11.6. The second-order valence-electron chi connectivity index (χ2n) is 3.82. The van der Waals surface area contributed by atoms with Crippen molar-refractivity contribution in [3.8, 4) is 5.75 Å². The van der Waals surface area contributed by atoms with Gasteiger partial charge in [-0.3, -0.25) is 5.32 Å². The molecule has 5 nitrogen and oxygen atoms in total. The van der Waals surface area contributed by atoms with Gasteiger partial charge in [-0.1, -0.05) is 17.7 Å². The Kier molecular flexibility index (Phi) is 3.43. The van der Waals surface area contributed by atoms with Crippen LogP contribution < -0.4 is 10.6 Å². The fourth-order valence-electron chi connectivity index (χ4n) is 1.40. The molecule has 0 saturated heterocycles. The zero-order valence-corrected chi connectivity index (χ0v) is 9.84. The summed E-state index contributed by atoms with van der Waals surface area (Å²) in [5, 5.41) is 14.6. The molecule has 0 radical (unpaired) electrons. The average molecular weight is 243 g/mol. The highest BCUT2D eigenvalue weighted by atomic mass is 16.3. The summed E-state index contributed by atoms with van der Waals surface area (Å²) in [4.78, 5) is 15.5. The summed E-state index contributed by atoms with van der Waals surface area (Å²) in [6.07, 6.45) is 1.49. The summed E-state index contributed by atoms with van der Waals surface area (Å²) in [5.74, 6) is 0.0543. The number of anilines is 2. The molecule has 5 heteroatoms. The number of aromatic nitrogens is 1. The van der Waals surface area contributed by atoms with Crippen LogP contribution in [0.1, 0.15) is 5.56 Å². The van der Waals surface area contributed by atoms with Crippen molar-refractivity contribution in [2.75, 3.05) is 10.6 Å². The lowest BCUT2D eigenvalue weighted by atomic mass is 10.2. The van der Waals surface area contributed by atoms with Crippen molar-refractivity contribution in [2.45, 2.75) is 6.92 Å². The molecule has 2 amide bonds. The first-order valence-electron chi connectivity index (χ1n) is 5.44. The van der Waals surface area contributed by atoms with Crippen LogP contribution in [0, 0.1) is 6.92 Å². The van der Waals surface area contributed by atoms with Gasteiger partial charge in [0.2, 0.25) is 0 Å². The number of urea groups is 1. The van der Waals surface area contributed by atoms with Gasteiger partial charge >= 0.3 is 6.03 Å². The van der Waals surface area contributed by atoms with Gasteiger partial charge in [0.15, 0.2) is 11.6 Å². The number of hydrogen-bond donors (Lipinski definition) is 3. The highest BCUT2D eigenvalue weighted by Crippen LogP contribution is 2.18. The Morgan fingerprint density at radius 2 is 1.89 bits per heavy atom. The van der Waals surface area contributed by atoms with Gasteiger partial charge in [-0.2, -0.15) is 0 Å². The van der Waals surface area contributed by atoms with Crippen LogP contribution in [0.3, 0.4) is 0 Å². The van der Waals surface area contributed by atoms with E-state index in [0.29, 0.717) is 5.69 Å². The number of nitrogens with zero attached hydrogens (tertiary/aromatic N) is 1. The molecule has 0 fully saturated rings. The third kappa shape index (κ3) is 2.98. The molecular weight excluding hydrogens is 230 g/mol. The van der Waals surface area contributed by atoms with Crippen molar-refractivity contribution in [3.63, 3.8) is 0 Å². The van der Waals surface area contributed by atoms with Gasteiger partial charge in [-0.05, 0) is 31.2 Å². The summed E-state index contributed by atoms with van der Waals surface area (Å²) >= 11 is 0. The summed E-state index contributed by atoms with van der Waals surface area (Å²) < 4.78 is 0. The van der Waals surface area contributed by atoms with Crippen molar-refractivity contribution in [2.24, 2.45) is 0 Å². The average Bonchev–Trinajstić information content (AvgIpc) is 2.35. The molecular formula is C13H13N3O2. The molecule has 0 unspecified atom stereocenters. The number of pyridine rings is 1. The molecule has 0 atom stereocenters. The summed E-state index contributed by atoms with van der Waals surface area (Å²) in [6, 6.07) is 9.97. The fourth-order valence-corrected chi connectivity index (χ4v) is 1.40. The second kappa shape index (κ2) is 5.18. The van der Waals surface area contributed by atoms with Crippen LogP contribution in [0.25, 0.3) is 0 Å².